The maximum absolute atomic E-state index is 10.7. The minimum Gasteiger partial charge on any atom is -0.359 e. The van der Waals surface area contributed by atoms with Crippen LogP contribution in [0.25, 0.3) is 10.2 Å². The molecule has 5 nitrogen and oxygen atoms in total. The number of hydrogen-bond donors (Lipinski definition) is 1. The maximum Gasteiger partial charge on any atom is 0.270 e. The third-order valence-corrected chi connectivity index (χ3v) is 4.46. The fourth-order valence-electron chi connectivity index (χ4n) is 2.51. The number of nitrogens with one attached hydrogen (secondary N) is 1. The number of nitro groups is 1. The van der Waals surface area contributed by atoms with Crippen molar-refractivity contribution in [2.75, 3.05) is 5.32 Å². The number of hydrogen-bond acceptors (Lipinski definition) is 5. The summed E-state index contributed by atoms with van der Waals surface area (Å²) in [5, 5.41) is 15.1. The normalized spacial score (nSPS) is 16.6. The lowest BCUT2D eigenvalue weighted by atomic mass is 9.96. The number of benzene rings is 1. The molecule has 100 valence electrons. The lowest BCUT2D eigenvalue weighted by Crippen LogP contribution is -2.21. The highest BCUT2D eigenvalue weighted by atomic mass is 32.1. The molecule has 0 amide bonds. The molecule has 1 fully saturated rings. The molecule has 1 N–H and O–H groups in total. The molecule has 1 heterocycles. The molecule has 1 saturated carbocycles. The Hall–Kier alpha value is -1.69. The van der Waals surface area contributed by atoms with E-state index in [9.17, 15) is 10.1 Å². The molecule has 0 spiro atoms. The SMILES string of the molecule is O=[N+]([O-])c1ccc2nc(NC3CCCCC3)sc2c1. The Morgan fingerprint density at radius 2 is 2.11 bits per heavy atom. The van der Waals surface area contributed by atoms with Crippen LogP contribution in [0.5, 0.6) is 0 Å². The van der Waals surface area contributed by atoms with Gasteiger partial charge in [-0.05, 0) is 18.9 Å². The Morgan fingerprint density at radius 1 is 1.32 bits per heavy atom. The molecule has 1 aromatic carbocycles. The van der Waals surface area contributed by atoms with Crippen molar-refractivity contribution in [2.24, 2.45) is 0 Å². The summed E-state index contributed by atoms with van der Waals surface area (Å²) in [7, 11) is 0. The fourth-order valence-corrected chi connectivity index (χ4v) is 3.49. The largest absolute Gasteiger partial charge is 0.359 e. The highest BCUT2D eigenvalue weighted by Gasteiger charge is 2.15. The van der Waals surface area contributed by atoms with Gasteiger partial charge >= 0.3 is 0 Å². The molecule has 1 aliphatic rings. The van der Waals surface area contributed by atoms with Gasteiger partial charge in [0.25, 0.3) is 5.69 Å². The Balaban J connectivity index is 1.82. The van der Waals surface area contributed by atoms with Gasteiger partial charge in [0.2, 0.25) is 0 Å². The number of aromatic nitrogens is 1. The number of thiazole rings is 1. The lowest BCUT2D eigenvalue weighted by molar-refractivity contribution is -0.384. The zero-order valence-corrected chi connectivity index (χ0v) is 11.3. The van der Waals surface area contributed by atoms with E-state index in [0.29, 0.717) is 6.04 Å². The first-order valence-electron chi connectivity index (χ1n) is 6.54. The van der Waals surface area contributed by atoms with Crippen LogP contribution in [0.4, 0.5) is 10.8 Å². The summed E-state index contributed by atoms with van der Waals surface area (Å²) in [5.74, 6) is 0. The zero-order chi connectivity index (χ0) is 13.2. The topological polar surface area (TPSA) is 68.1 Å². The van der Waals surface area contributed by atoms with Crippen molar-refractivity contribution in [3.8, 4) is 0 Å². The van der Waals surface area contributed by atoms with Gasteiger partial charge in [-0.15, -0.1) is 0 Å². The first kappa shape index (κ1) is 12.3. The van der Waals surface area contributed by atoms with Crippen molar-refractivity contribution in [1.82, 2.24) is 4.98 Å². The van der Waals surface area contributed by atoms with Crippen LogP contribution < -0.4 is 5.32 Å². The van der Waals surface area contributed by atoms with Gasteiger partial charge in [-0.25, -0.2) is 4.98 Å². The highest BCUT2D eigenvalue weighted by molar-refractivity contribution is 7.22. The fraction of sp³-hybridized carbons (Fsp3) is 0.462. The van der Waals surface area contributed by atoms with E-state index in [1.807, 2.05) is 0 Å². The number of anilines is 1. The summed E-state index contributed by atoms with van der Waals surface area (Å²) in [6, 6.07) is 5.32. The number of fused-ring (bicyclic) bond motifs is 1. The van der Waals surface area contributed by atoms with Crippen molar-refractivity contribution in [3.63, 3.8) is 0 Å². The van der Waals surface area contributed by atoms with Crippen LogP contribution in [0.1, 0.15) is 32.1 Å². The van der Waals surface area contributed by atoms with Gasteiger partial charge in [-0.1, -0.05) is 30.6 Å². The second-order valence-electron chi connectivity index (χ2n) is 4.91. The molecule has 1 aliphatic carbocycles. The van der Waals surface area contributed by atoms with Gasteiger partial charge in [0.1, 0.15) is 0 Å². The quantitative estimate of drug-likeness (QED) is 0.681. The summed E-state index contributed by atoms with van der Waals surface area (Å²) < 4.78 is 0.868. The van der Waals surface area contributed by atoms with Crippen LogP contribution in [0.15, 0.2) is 18.2 Å². The van der Waals surface area contributed by atoms with Crippen LogP contribution >= 0.6 is 11.3 Å². The predicted octanol–water partition coefficient (Wildman–Crippen LogP) is 3.95. The van der Waals surface area contributed by atoms with Crippen molar-refractivity contribution >= 4 is 32.4 Å². The van der Waals surface area contributed by atoms with Gasteiger partial charge < -0.3 is 5.32 Å². The van der Waals surface area contributed by atoms with E-state index >= 15 is 0 Å². The zero-order valence-electron chi connectivity index (χ0n) is 10.5. The molecule has 0 unspecified atom stereocenters. The molecule has 0 radical (unpaired) electrons. The van der Waals surface area contributed by atoms with Crippen LogP contribution in [-0.4, -0.2) is 15.9 Å². The third-order valence-electron chi connectivity index (χ3n) is 3.52. The van der Waals surface area contributed by atoms with Crippen LogP contribution in [0.3, 0.4) is 0 Å². The van der Waals surface area contributed by atoms with Gasteiger partial charge in [-0.2, -0.15) is 0 Å². The average Bonchev–Trinajstić information content (AvgIpc) is 2.80. The van der Waals surface area contributed by atoms with E-state index in [0.717, 1.165) is 15.3 Å². The van der Waals surface area contributed by atoms with Crippen molar-refractivity contribution in [2.45, 2.75) is 38.1 Å². The third kappa shape index (κ3) is 2.68. The highest BCUT2D eigenvalue weighted by Crippen LogP contribution is 2.31. The van der Waals surface area contributed by atoms with E-state index in [1.165, 1.54) is 49.5 Å². The monoisotopic (exact) mass is 277 g/mol. The maximum atomic E-state index is 10.7. The molecule has 2 aromatic rings. The lowest BCUT2D eigenvalue weighted by Gasteiger charge is -2.22. The average molecular weight is 277 g/mol. The smallest absolute Gasteiger partial charge is 0.270 e. The molecule has 3 rings (SSSR count). The summed E-state index contributed by atoms with van der Waals surface area (Å²) in [4.78, 5) is 14.9. The summed E-state index contributed by atoms with van der Waals surface area (Å²) >= 11 is 1.50. The molecule has 6 heteroatoms. The van der Waals surface area contributed by atoms with Gasteiger partial charge in [0.05, 0.1) is 15.1 Å². The van der Waals surface area contributed by atoms with E-state index < -0.39 is 0 Å². The Morgan fingerprint density at radius 3 is 2.84 bits per heavy atom. The number of nitro benzene ring substituents is 1. The minimum atomic E-state index is -0.368. The van der Waals surface area contributed by atoms with Gasteiger partial charge in [0, 0.05) is 18.2 Å². The van der Waals surface area contributed by atoms with E-state index in [2.05, 4.69) is 10.3 Å². The number of non-ortho nitro benzene ring substituents is 1. The Labute approximate surface area is 114 Å². The Bertz CT molecular complexity index is 605. The minimum absolute atomic E-state index is 0.125. The molecule has 19 heavy (non-hydrogen) atoms. The van der Waals surface area contributed by atoms with Crippen molar-refractivity contribution in [3.05, 3.63) is 28.3 Å². The van der Waals surface area contributed by atoms with E-state index in [1.54, 1.807) is 12.1 Å². The first-order chi connectivity index (χ1) is 9.22. The second-order valence-corrected chi connectivity index (χ2v) is 5.94. The Kier molecular flexibility index (Phi) is 3.33. The van der Waals surface area contributed by atoms with E-state index in [-0.39, 0.29) is 10.6 Å². The molecule has 0 atom stereocenters. The van der Waals surface area contributed by atoms with Crippen molar-refractivity contribution < 1.29 is 4.92 Å². The molecule has 0 aliphatic heterocycles. The van der Waals surface area contributed by atoms with Crippen molar-refractivity contribution in [1.29, 1.82) is 0 Å². The van der Waals surface area contributed by atoms with Crippen LogP contribution in [0, 0.1) is 10.1 Å². The number of rotatable bonds is 3. The number of nitrogens with zero attached hydrogens (tertiary/aromatic N) is 2. The second kappa shape index (κ2) is 5.13. The summed E-state index contributed by atoms with van der Waals surface area (Å²) in [6.07, 6.45) is 6.25. The van der Waals surface area contributed by atoms with Crippen LogP contribution in [0.2, 0.25) is 0 Å². The molecular weight excluding hydrogens is 262 g/mol. The molecule has 1 aromatic heterocycles. The van der Waals surface area contributed by atoms with Gasteiger partial charge in [-0.3, -0.25) is 10.1 Å². The standard InChI is InChI=1S/C13H15N3O2S/c17-16(18)10-6-7-11-12(8-10)19-13(15-11)14-9-4-2-1-3-5-9/h6-9H,1-5H2,(H,14,15). The molecule has 0 bridgehead atoms. The molecule has 0 saturated heterocycles. The first-order valence-corrected chi connectivity index (χ1v) is 7.35. The van der Waals surface area contributed by atoms with Crippen LogP contribution in [-0.2, 0) is 0 Å². The predicted molar refractivity (Wildman–Crippen MR) is 76.8 cm³/mol. The van der Waals surface area contributed by atoms with Gasteiger partial charge in [0.15, 0.2) is 5.13 Å². The summed E-state index contributed by atoms with van der Waals surface area (Å²) in [5.41, 5.74) is 0.953. The molecular formula is C13H15N3O2S. The summed E-state index contributed by atoms with van der Waals surface area (Å²) in [6.45, 7) is 0. The van der Waals surface area contributed by atoms with E-state index in [4.69, 9.17) is 0 Å².